The fourth-order valence-corrected chi connectivity index (χ4v) is 5.02. The molecule has 0 spiro atoms. The van der Waals surface area contributed by atoms with Crippen LogP contribution in [-0.4, -0.2) is 61.9 Å². The summed E-state index contributed by atoms with van der Waals surface area (Å²) >= 11 is 0. The number of benzene rings is 2. The van der Waals surface area contributed by atoms with Crippen LogP contribution in [0, 0.1) is 17.6 Å². The molecule has 212 valence electrons. The van der Waals surface area contributed by atoms with Gasteiger partial charge in [-0.3, -0.25) is 9.59 Å². The minimum Gasteiger partial charge on any atom is -0.448 e. The van der Waals surface area contributed by atoms with Gasteiger partial charge in [0, 0.05) is 25.1 Å². The molecule has 39 heavy (non-hydrogen) atoms. The Kier molecular flexibility index (Phi) is 9.25. The van der Waals surface area contributed by atoms with E-state index < -0.39 is 69.6 Å². The quantitative estimate of drug-likeness (QED) is 0.236. The summed E-state index contributed by atoms with van der Waals surface area (Å²) in [5, 5.41) is 14.4. The van der Waals surface area contributed by atoms with Crippen LogP contribution in [0.1, 0.15) is 23.6 Å². The van der Waals surface area contributed by atoms with E-state index in [2.05, 4.69) is 10.3 Å². The topological polar surface area (TPSA) is 186 Å². The second-order valence-electron chi connectivity index (χ2n) is 9.34. The average Bonchev–Trinajstić information content (AvgIpc) is 3.21. The molecule has 1 aliphatic heterocycles. The number of hydrogen-bond acceptors (Lipinski definition) is 8. The lowest BCUT2D eigenvalue weighted by molar-refractivity contribution is -0.140. The van der Waals surface area contributed by atoms with E-state index in [1.165, 1.54) is 0 Å². The van der Waals surface area contributed by atoms with Crippen LogP contribution in [0.25, 0.3) is 0 Å². The summed E-state index contributed by atoms with van der Waals surface area (Å²) in [6.07, 6.45) is -2.25. The first-order valence-electron chi connectivity index (χ1n) is 12.0. The first-order valence-corrected chi connectivity index (χ1v) is 13.9. The van der Waals surface area contributed by atoms with Gasteiger partial charge in [0.25, 0.3) is 5.91 Å². The highest BCUT2D eigenvalue weighted by Gasteiger charge is 2.61. The Morgan fingerprint density at radius 3 is 2.33 bits per heavy atom. The molecule has 1 heterocycles. The van der Waals surface area contributed by atoms with Gasteiger partial charge in [-0.25, -0.2) is 26.9 Å². The van der Waals surface area contributed by atoms with E-state index >= 15 is 0 Å². The monoisotopic (exact) mass is 567 g/mol. The highest BCUT2D eigenvalue weighted by Crippen LogP contribution is 2.38. The first kappa shape index (κ1) is 29.9. The molecule has 1 aliphatic rings. The molecule has 2 amide bonds. The van der Waals surface area contributed by atoms with Crippen molar-refractivity contribution in [1.29, 1.82) is 0 Å². The predicted molar refractivity (Wildman–Crippen MR) is 138 cm³/mol. The number of hydrogen-bond donors (Lipinski definition) is 5. The van der Waals surface area contributed by atoms with E-state index in [4.69, 9.17) is 16.2 Å². The maximum Gasteiger partial charge on any atom is 0.300 e. The third-order valence-electron chi connectivity index (χ3n) is 6.33. The number of halogens is 2. The van der Waals surface area contributed by atoms with Crippen molar-refractivity contribution in [3.8, 4) is 0 Å². The molecule has 0 saturated carbocycles. The summed E-state index contributed by atoms with van der Waals surface area (Å²) in [5.41, 5.74) is 10.8. The lowest BCUT2D eigenvalue weighted by Crippen LogP contribution is -2.63. The van der Waals surface area contributed by atoms with Crippen molar-refractivity contribution in [3.05, 3.63) is 70.8 Å². The highest BCUT2D eigenvalue weighted by molar-refractivity contribution is 7.89. The number of aliphatic hydroxyl groups is 1. The third-order valence-corrected chi connectivity index (χ3v) is 6.88. The second kappa shape index (κ2) is 12.1. The number of ether oxygens (including phenoxy) is 1. The second-order valence-corrected chi connectivity index (χ2v) is 11.1. The Labute approximate surface area is 224 Å². The molecule has 0 aliphatic carbocycles. The zero-order valence-electron chi connectivity index (χ0n) is 21.4. The van der Waals surface area contributed by atoms with Gasteiger partial charge < -0.3 is 26.6 Å². The van der Waals surface area contributed by atoms with E-state index in [-0.39, 0.29) is 12.1 Å². The van der Waals surface area contributed by atoms with E-state index in [9.17, 15) is 31.9 Å². The van der Waals surface area contributed by atoms with Crippen LogP contribution in [0.4, 0.5) is 8.78 Å². The Hall–Kier alpha value is -3.62. The number of aliphatic imine (C=N–C) groups is 1. The van der Waals surface area contributed by atoms with Crippen molar-refractivity contribution in [3.63, 3.8) is 0 Å². The molecule has 0 bridgehead atoms. The van der Waals surface area contributed by atoms with Gasteiger partial charge in [-0.05, 0) is 41.7 Å². The standard InChI is InChI=1S/C25H31F2N5O6S/c1-3-14-5-4-6-15(7-14)12-30-13-20(33)19(10-16-8-17(26)11-18(27)9-16)25(23(29)35)21(22(28)34)38-24(31-25)32-39(2,36)37/h4-9,11,19-21,30,33H,3,10,12-13H2,1-2H3,(H2,28,34)(H2,29,35)(H,31,32)/t19-,20+,21?,25?/m1/s1. The molecule has 0 aromatic heterocycles. The van der Waals surface area contributed by atoms with Crippen LogP contribution in [-0.2, 0) is 43.7 Å². The number of aliphatic hydroxyl groups excluding tert-OH is 1. The molecule has 2 aromatic rings. The zero-order chi connectivity index (χ0) is 29.0. The zero-order valence-corrected chi connectivity index (χ0v) is 22.2. The maximum absolute atomic E-state index is 14.0. The number of nitrogens with one attached hydrogen (secondary N) is 2. The number of amidine groups is 1. The lowest BCUT2D eigenvalue weighted by Gasteiger charge is -2.37. The van der Waals surface area contributed by atoms with Crippen molar-refractivity contribution >= 4 is 27.9 Å². The van der Waals surface area contributed by atoms with E-state index in [0.29, 0.717) is 12.6 Å². The normalized spacial score (nSPS) is 20.5. The third kappa shape index (κ3) is 7.28. The van der Waals surface area contributed by atoms with Crippen LogP contribution in [0.2, 0.25) is 0 Å². The number of sulfonamides is 1. The molecule has 0 fully saturated rings. The summed E-state index contributed by atoms with van der Waals surface area (Å²) in [7, 11) is -3.98. The minimum atomic E-state index is -3.98. The van der Waals surface area contributed by atoms with Crippen molar-refractivity contribution in [2.75, 3.05) is 12.8 Å². The molecule has 4 atom stereocenters. The number of carbonyl (C=O) groups excluding carboxylic acids is 2. The Balaban J connectivity index is 2.02. The highest BCUT2D eigenvalue weighted by atomic mass is 32.2. The Morgan fingerprint density at radius 1 is 1.13 bits per heavy atom. The van der Waals surface area contributed by atoms with Crippen LogP contribution >= 0.6 is 0 Å². The summed E-state index contributed by atoms with van der Waals surface area (Å²) in [5.74, 6) is -5.78. The smallest absolute Gasteiger partial charge is 0.300 e. The maximum atomic E-state index is 14.0. The summed E-state index contributed by atoms with van der Waals surface area (Å²) in [4.78, 5) is 29.4. The fourth-order valence-electron chi connectivity index (χ4n) is 4.61. The molecular formula is C25H31F2N5O6S. The van der Waals surface area contributed by atoms with E-state index in [1.807, 2.05) is 35.9 Å². The SMILES string of the molecule is CCc1cccc(CNC[C@H](O)[C@@H](Cc2cc(F)cc(F)c2)C2(C(N)=O)N=C(NS(C)(=O)=O)OC2C(N)=O)c1. The minimum absolute atomic E-state index is 0.00997. The van der Waals surface area contributed by atoms with Crippen molar-refractivity contribution in [2.24, 2.45) is 22.4 Å². The van der Waals surface area contributed by atoms with Crippen molar-refractivity contribution in [1.82, 2.24) is 10.0 Å². The molecule has 14 heteroatoms. The van der Waals surface area contributed by atoms with Crippen LogP contribution in [0.5, 0.6) is 0 Å². The first-order chi connectivity index (χ1) is 18.2. The van der Waals surface area contributed by atoms with Gasteiger partial charge in [-0.2, -0.15) is 0 Å². The number of primary amides is 2. The molecule has 0 saturated heterocycles. The summed E-state index contributed by atoms with van der Waals surface area (Å²) < 4.78 is 58.8. The van der Waals surface area contributed by atoms with Gasteiger partial charge in [0.05, 0.1) is 12.4 Å². The summed E-state index contributed by atoms with van der Waals surface area (Å²) in [6.45, 7) is 2.14. The Morgan fingerprint density at radius 2 is 1.77 bits per heavy atom. The van der Waals surface area contributed by atoms with Crippen molar-refractivity contribution in [2.45, 2.75) is 44.1 Å². The average molecular weight is 568 g/mol. The van der Waals surface area contributed by atoms with Crippen LogP contribution < -0.4 is 21.5 Å². The van der Waals surface area contributed by atoms with Gasteiger partial charge in [-0.15, -0.1) is 0 Å². The molecule has 11 nitrogen and oxygen atoms in total. The molecular weight excluding hydrogens is 536 g/mol. The molecule has 7 N–H and O–H groups in total. The number of carbonyl (C=O) groups is 2. The fraction of sp³-hybridized carbons (Fsp3) is 0.400. The van der Waals surface area contributed by atoms with Crippen molar-refractivity contribution < 1.29 is 36.6 Å². The van der Waals surface area contributed by atoms with Crippen LogP contribution in [0.15, 0.2) is 47.5 Å². The van der Waals surface area contributed by atoms with E-state index in [0.717, 1.165) is 35.9 Å². The van der Waals surface area contributed by atoms with Gasteiger partial charge in [0.1, 0.15) is 11.6 Å². The molecule has 2 unspecified atom stereocenters. The molecule has 2 aromatic carbocycles. The Bertz CT molecular complexity index is 1350. The molecule has 0 radical (unpaired) electrons. The van der Waals surface area contributed by atoms with Gasteiger partial charge in [0.2, 0.25) is 22.0 Å². The number of nitrogens with two attached hydrogens (primary N) is 2. The summed E-state index contributed by atoms with van der Waals surface area (Å²) in [6, 6.07) is 9.55. The number of aryl methyl sites for hydroxylation is 1. The number of rotatable bonds is 12. The van der Waals surface area contributed by atoms with Gasteiger partial charge in [0.15, 0.2) is 5.54 Å². The number of nitrogens with zero attached hydrogens (tertiary/aromatic N) is 1. The largest absolute Gasteiger partial charge is 0.448 e. The van der Waals surface area contributed by atoms with E-state index in [1.54, 1.807) is 0 Å². The predicted octanol–water partition coefficient (Wildman–Crippen LogP) is -0.150. The number of amides is 2. The molecule has 3 rings (SSSR count). The van der Waals surface area contributed by atoms with Crippen LogP contribution in [0.3, 0.4) is 0 Å². The van der Waals surface area contributed by atoms with Gasteiger partial charge >= 0.3 is 6.02 Å². The lowest BCUT2D eigenvalue weighted by atomic mass is 9.72. The van der Waals surface area contributed by atoms with Gasteiger partial charge in [-0.1, -0.05) is 31.2 Å².